The zero-order chi connectivity index (χ0) is 29.2. The highest BCUT2D eigenvalue weighted by Crippen LogP contribution is 2.34. The molecule has 9 heteroatoms. The topological polar surface area (TPSA) is 103 Å². The maximum absolute atomic E-state index is 14.4. The minimum absolute atomic E-state index is 0.123. The van der Waals surface area contributed by atoms with Crippen molar-refractivity contribution in [3.8, 4) is 0 Å². The molecule has 0 saturated carbocycles. The van der Waals surface area contributed by atoms with Gasteiger partial charge in [-0.3, -0.25) is 14.4 Å². The van der Waals surface area contributed by atoms with Crippen LogP contribution < -0.4 is 0 Å². The van der Waals surface area contributed by atoms with E-state index in [0.717, 1.165) is 5.56 Å². The third-order valence-electron chi connectivity index (χ3n) is 7.06. The average molecular weight is 547 g/mol. The van der Waals surface area contributed by atoms with Crippen LogP contribution in [0.4, 0.5) is 0 Å². The highest BCUT2D eigenvalue weighted by Gasteiger charge is 2.47. The molecule has 0 fully saturated rings. The van der Waals surface area contributed by atoms with Gasteiger partial charge in [-0.15, -0.1) is 0 Å². The van der Waals surface area contributed by atoms with E-state index in [1.54, 1.807) is 6.20 Å². The second-order valence-corrected chi connectivity index (χ2v) is 11.3. The summed E-state index contributed by atoms with van der Waals surface area (Å²) in [5, 5.41) is 14.4. The van der Waals surface area contributed by atoms with Crippen molar-refractivity contribution >= 4 is 29.3 Å². The van der Waals surface area contributed by atoms with Gasteiger partial charge in [0.25, 0.3) is 5.91 Å². The number of hydrogen-bond donors (Lipinski definition) is 1. The number of rotatable bonds is 8. The Hall–Kier alpha value is -3.98. The summed E-state index contributed by atoms with van der Waals surface area (Å²) in [6.07, 6.45) is 0.524. The zero-order valence-electron chi connectivity index (χ0n) is 23.9. The Morgan fingerprint density at radius 2 is 1.68 bits per heavy atom. The molecule has 0 bridgehead atoms. The Morgan fingerprint density at radius 3 is 2.17 bits per heavy atom. The van der Waals surface area contributed by atoms with Crippen LogP contribution in [0.1, 0.15) is 52.7 Å². The molecular formula is C31H38N4O5. The summed E-state index contributed by atoms with van der Waals surface area (Å²) in [4.78, 5) is 46.7. The van der Waals surface area contributed by atoms with Crippen LogP contribution in [0.3, 0.4) is 0 Å². The molecule has 0 radical (unpaired) electrons. The molecule has 9 nitrogen and oxygen atoms in total. The standard InChI is InChI=1S/C31H38N4O5/c1-20(2)27-30(39)35(26(18-33(27)21(3)36)24-15-11-8-12-16-24)34(22(4)37)25(17-23-13-9-7-10-14-23)28(38)29-32-31(5,6)19-40-29/h7-16,18,20,25,27-28,38H,17,19H2,1-6H3/t25-,27?,28?/m0/s1. The number of nitrogens with zero attached hydrogens (tertiary/aromatic N) is 4. The third-order valence-corrected chi connectivity index (χ3v) is 7.06. The number of carbonyl (C=O) groups is 3. The summed E-state index contributed by atoms with van der Waals surface area (Å²) >= 11 is 0. The van der Waals surface area contributed by atoms with Crippen LogP contribution in [0.5, 0.6) is 0 Å². The largest absolute Gasteiger partial charge is 0.476 e. The van der Waals surface area contributed by atoms with Gasteiger partial charge in [-0.1, -0.05) is 74.5 Å². The number of benzene rings is 2. The van der Waals surface area contributed by atoms with Gasteiger partial charge in [-0.25, -0.2) is 15.0 Å². The van der Waals surface area contributed by atoms with Crippen molar-refractivity contribution in [2.75, 3.05) is 6.61 Å². The quantitative estimate of drug-likeness (QED) is 0.545. The van der Waals surface area contributed by atoms with Gasteiger partial charge in [-0.2, -0.15) is 0 Å². The molecule has 2 aliphatic rings. The normalized spacial score (nSPS) is 20.0. The third kappa shape index (κ3) is 5.94. The predicted molar refractivity (Wildman–Crippen MR) is 152 cm³/mol. The summed E-state index contributed by atoms with van der Waals surface area (Å²) in [5.41, 5.74) is 1.32. The van der Waals surface area contributed by atoms with E-state index in [9.17, 15) is 19.5 Å². The molecule has 40 heavy (non-hydrogen) atoms. The Bertz CT molecular complexity index is 1310. The smallest absolute Gasteiger partial charge is 0.269 e. The van der Waals surface area contributed by atoms with Crippen molar-refractivity contribution in [2.45, 2.75) is 71.7 Å². The van der Waals surface area contributed by atoms with Gasteiger partial charge in [0.1, 0.15) is 12.6 Å². The van der Waals surface area contributed by atoms with Gasteiger partial charge < -0.3 is 14.7 Å². The molecule has 4 rings (SSSR count). The minimum Gasteiger partial charge on any atom is -0.476 e. The van der Waals surface area contributed by atoms with Crippen molar-refractivity contribution in [1.29, 1.82) is 0 Å². The van der Waals surface area contributed by atoms with Crippen LogP contribution in [0.25, 0.3) is 5.70 Å². The fourth-order valence-electron chi connectivity index (χ4n) is 5.19. The number of amides is 3. The lowest BCUT2D eigenvalue weighted by molar-refractivity contribution is -0.169. The molecule has 2 heterocycles. The lowest BCUT2D eigenvalue weighted by atomic mass is 9.96. The Kier molecular flexibility index (Phi) is 8.44. The summed E-state index contributed by atoms with van der Waals surface area (Å²) < 4.78 is 5.80. The lowest BCUT2D eigenvalue weighted by Gasteiger charge is -2.47. The molecule has 3 amide bonds. The molecule has 2 aromatic rings. The zero-order valence-corrected chi connectivity index (χ0v) is 23.9. The molecule has 3 atom stereocenters. The first-order valence-corrected chi connectivity index (χ1v) is 13.6. The van der Waals surface area contributed by atoms with Crippen molar-refractivity contribution in [1.82, 2.24) is 14.9 Å². The maximum Gasteiger partial charge on any atom is 0.269 e. The van der Waals surface area contributed by atoms with E-state index >= 15 is 0 Å². The number of carbonyl (C=O) groups excluding carboxylic acids is 3. The van der Waals surface area contributed by atoms with E-state index in [1.807, 2.05) is 88.4 Å². The Morgan fingerprint density at radius 1 is 1.07 bits per heavy atom. The molecule has 2 aromatic carbocycles. The fraction of sp³-hybridized carbons (Fsp3) is 0.419. The van der Waals surface area contributed by atoms with Crippen molar-refractivity contribution in [3.63, 3.8) is 0 Å². The first-order valence-electron chi connectivity index (χ1n) is 13.6. The summed E-state index contributed by atoms with van der Waals surface area (Å²) in [6, 6.07) is 16.8. The van der Waals surface area contributed by atoms with Gasteiger partial charge in [0, 0.05) is 25.6 Å². The number of aliphatic imine (C=N–C) groups is 1. The lowest BCUT2D eigenvalue weighted by Crippen LogP contribution is -2.64. The molecule has 212 valence electrons. The first kappa shape index (κ1) is 29.0. The first-order chi connectivity index (χ1) is 18.9. The number of hydrogen-bond acceptors (Lipinski definition) is 6. The van der Waals surface area contributed by atoms with E-state index in [0.29, 0.717) is 17.9 Å². The van der Waals surface area contributed by atoms with Gasteiger partial charge in [0.2, 0.25) is 17.7 Å². The highest BCUT2D eigenvalue weighted by atomic mass is 16.5. The fourth-order valence-corrected chi connectivity index (χ4v) is 5.19. The number of aliphatic hydroxyl groups is 1. The molecule has 1 N–H and O–H groups in total. The van der Waals surface area contributed by atoms with Crippen LogP contribution in [0, 0.1) is 5.92 Å². The summed E-state index contributed by atoms with van der Waals surface area (Å²) in [6.45, 7) is 10.6. The molecule has 0 aromatic heterocycles. The number of ether oxygens (including phenoxy) is 1. The monoisotopic (exact) mass is 546 g/mol. The van der Waals surface area contributed by atoms with Crippen molar-refractivity contribution in [3.05, 3.63) is 78.0 Å². The molecule has 2 aliphatic heterocycles. The molecule has 0 saturated heterocycles. The second kappa shape index (κ2) is 11.6. The minimum atomic E-state index is -1.32. The molecule has 0 aliphatic carbocycles. The predicted octanol–water partition coefficient (Wildman–Crippen LogP) is 3.64. The van der Waals surface area contributed by atoms with E-state index in [4.69, 9.17) is 4.74 Å². The van der Waals surface area contributed by atoms with Crippen LogP contribution in [0.2, 0.25) is 0 Å². The van der Waals surface area contributed by atoms with E-state index < -0.39 is 35.5 Å². The van der Waals surface area contributed by atoms with Gasteiger partial charge >= 0.3 is 0 Å². The highest BCUT2D eigenvalue weighted by molar-refractivity contribution is 5.98. The van der Waals surface area contributed by atoms with Gasteiger partial charge in [-0.05, 0) is 31.7 Å². The van der Waals surface area contributed by atoms with Crippen LogP contribution in [0.15, 0.2) is 71.9 Å². The van der Waals surface area contributed by atoms with Crippen molar-refractivity contribution in [2.24, 2.45) is 10.9 Å². The number of aliphatic hydroxyl groups excluding tert-OH is 1. The second-order valence-electron chi connectivity index (χ2n) is 11.3. The van der Waals surface area contributed by atoms with E-state index in [2.05, 4.69) is 4.99 Å². The van der Waals surface area contributed by atoms with Gasteiger partial charge in [0.05, 0.1) is 17.3 Å². The maximum atomic E-state index is 14.4. The Labute approximate surface area is 235 Å². The SMILES string of the molecule is CC(=O)N1C=C(c2ccccc2)N(N(C(C)=O)[C@@H](Cc2ccccc2)C(O)C2=NC(C)(C)CO2)C(=O)C1C(C)C. The molecule has 2 unspecified atom stereocenters. The van der Waals surface area contributed by atoms with Crippen LogP contribution in [-0.4, -0.2) is 74.0 Å². The van der Waals surface area contributed by atoms with Crippen molar-refractivity contribution < 1.29 is 24.2 Å². The van der Waals surface area contributed by atoms with Gasteiger partial charge in [0.15, 0.2) is 6.10 Å². The molecular weight excluding hydrogens is 508 g/mol. The Balaban J connectivity index is 1.91. The average Bonchev–Trinajstić information content (AvgIpc) is 3.28. The summed E-state index contributed by atoms with van der Waals surface area (Å²) in [7, 11) is 0. The van der Waals surface area contributed by atoms with E-state index in [-0.39, 0.29) is 24.1 Å². The number of hydrazine groups is 1. The van der Waals surface area contributed by atoms with Crippen LogP contribution >= 0.6 is 0 Å². The van der Waals surface area contributed by atoms with Crippen LogP contribution in [-0.2, 0) is 25.5 Å². The van der Waals surface area contributed by atoms with E-state index in [1.165, 1.54) is 28.8 Å². The summed E-state index contributed by atoms with van der Waals surface area (Å²) in [5.74, 6) is -1.31. The molecule has 0 spiro atoms.